The first-order chi connectivity index (χ1) is 31.3. The van der Waals surface area contributed by atoms with Crippen molar-refractivity contribution in [1.82, 2.24) is 9.13 Å². The summed E-state index contributed by atoms with van der Waals surface area (Å²) in [5.41, 5.74) is 18.2. The molecule has 0 aliphatic heterocycles. The summed E-state index contributed by atoms with van der Waals surface area (Å²) in [4.78, 5) is 0. The van der Waals surface area contributed by atoms with Crippen molar-refractivity contribution in [3.05, 3.63) is 251 Å². The van der Waals surface area contributed by atoms with Crippen LogP contribution in [0.4, 0.5) is 0 Å². The maximum Gasteiger partial charge on any atom is 0.0713 e. The van der Waals surface area contributed by atoms with Gasteiger partial charge in [0.1, 0.15) is 0 Å². The maximum atomic E-state index is 2.43. The summed E-state index contributed by atoms with van der Waals surface area (Å²) < 4.78 is 4.81. The van der Waals surface area contributed by atoms with Crippen LogP contribution in [0.3, 0.4) is 0 Å². The lowest BCUT2D eigenvalue weighted by atomic mass is 9.67. The van der Waals surface area contributed by atoms with E-state index in [0.29, 0.717) is 0 Å². The molecular weight excluding hydrogens is 761 g/mol. The molecule has 2 aliphatic rings. The van der Waals surface area contributed by atoms with Gasteiger partial charge in [0.25, 0.3) is 0 Å². The lowest BCUT2D eigenvalue weighted by Crippen LogP contribution is -2.30. The van der Waals surface area contributed by atoms with Gasteiger partial charge < -0.3 is 9.13 Å². The molecule has 63 heavy (non-hydrogen) atoms. The predicted octanol–water partition coefficient (Wildman–Crippen LogP) is 13.8. The summed E-state index contributed by atoms with van der Waals surface area (Å²) in [6, 6.07) is 81.1. The highest BCUT2D eigenvalue weighted by Crippen LogP contribution is 2.56. The van der Waals surface area contributed by atoms with Crippen LogP contribution in [0.15, 0.2) is 218 Å². The van der Waals surface area contributed by atoms with Gasteiger partial charge in [0, 0.05) is 38.1 Å². The predicted molar refractivity (Wildman–Crippen MR) is 263 cm³/mol. The third kappa shape index (κ3) is 5.31. The van der Waals surface area contributed by atoms with E-state index in [4.69, 9.17) is 0 Å². The molecule has 2 aliphatic carbocycles. The first kappa shape index (κ1) is 35.8. The SMILES string of the molecule is C1=c2c(n(-c3ccc(-c4ccc(C5(c6ccc(-c7ccc8c(c7)c7ccccc7n8-c7ccccc7)cc6)c6ccccc6-c6ccccc65)cc4)cc3)c3ccccc23)=CCC1. The largest absolute Gasteiger partial charge is 0.310 e. The highest BCUT2D eigenvalue weighted by Gasteiger charge is 2.45. The summed E-state index contributed by atoms with van der Waals surface area (Å²) in [7, 11) is 0. The Morgan fingerprint density at radius 1 is 0.333 bits per heavy atom. The molecular formula is C61H42N2. The van der Waals surface area contributed by atoms with Crippen LogP contribution < -0.4 is 10.6 Å². The molecule has 0 N–H and O–H groups in total. The van der Waals surface area contributed by atoms with E-state index in [0.717, 1.165) is 12.8 Å². The number of benzene rings is 9. The van der Waals surface area contributed by atoms with E-state index in [-0.39, 0.29) is 0 Å². The molecule has 296 valence electrons. The molecule has 0 atom stereocenters. The van der Waals surface area contributed by atoms with Gasteiger partial charge in [0.05, 0.1) is 22.0 Å². The lowest BCUT2D eigenvalue weighted by molar-refractivity contribution is 0.769. The Kier molecular flexibility index (Phi) is 7.98. The fourth-order valence-corrected chi connectivity index (χ4v) is 11.1. The van der Waals surface area contributed by atoms with Crippen LogP contribution in [0, 0.1) is 0 Å². The van der Waals surface area contributed by atoms with E-state index < -0.39 is 5.41 Å². The molecule has 0 bridgehead atoms. The minimum absolute atomic E-state index is 0.483. The number of rotatable bonds is 6. The van der Waals surface area contributed by atoms with Crippen LogP contribution in [0.25, 0.3) is 89.6 Å². The molecule has 2 heterocycles. The number of hydrogen-bond acceptors (Lipinski definition) is 0. The van der Waals surface area contributed by atoms with Crippen LogP contribution in [0.5, 0.6) is 0 Å². The van der Waals surface area contributed by atoms with E-state index >= 15 is 0 Å². The Morgan fingerprint density at radius 3 is 1.48 bits per heavy atom. The van der Waals surface area contributed by atoms with E-state index in [9.17, 15) is 0 Å². The van der Waals surface area contributed by atoms with E-state index in [2.05, 4.69) is 240 Å². The molecule has 2 aromatic heterocycles. The van der Waals surface area contributed by atoms with Gasteiger partial charge in [-0.2, -0.15) is 0 Å². The minimum Gasteiger partial charge on any atom is -0.310 e. The molecule has 0 fully saturated rings. The Hall–Kier alpha value is -7.94. The van der Waals surface area contributed by atoms with Crippen LogP contribution >= 0.6 is 0 Å². The highest BCUT2D eigenvalue weighted by atomic mass is 15.0. The van der Waals surface area contributed by atoms with Crippen molar-refractivity contribution in [2.24, 2.45) is 0 Å². The molecule has 0 saturated carbocycles. The minimum atomic E-state index is -0.483. The Morgan fingerprint density at radius 2 is 0.810 bits per heavy atom. The van der Waals surface area contributed by atoms with Crippen molar-refractivity contribution in [1.29, 1.82) is 0 Å². The fraction of sp³-hybridized carbons (Fsp3) is 0.0492. The van der Waals surface area contributed by atoms with Gasteiger partial charge in [-0.15, -0.1) is 0 Å². The molecule has 0 saturated heterocycles. The van der Waals surface area contributed by atoms with Crippen molar-refractivity contribution < 1.29 is 0 Å². The van der Waals surface area contributed by atoms with Crippen molar-refractivity contribution in [3.63, 3.8) is 0 Å². The summed E-state index contributed by atoms with van der Waals surface area (Å²) in [6.07, 6.45) is 6.97. The number of hydrogen-bond donors (Lipinski definition) is 0. The molecule has 0 spiro atoms. The summed E-state index contributed by atoms with van der Waals surface area (Å²) in [5.74, 6) is 0. The zero-order valence-electron chi connectivity index (χ0n) is 34.7. The molecule has 0 amide bonds. The number of fused-ring (bicyclic) bond motifs is 9. The van der Waals surface area contributed by atoms with Gasteiger partial charge in [-0.05, 0) is 117 Å². The summed E-state index contributed by atoms with van der Waals surface area (Å²) in [6.45, 7) is 0. The summed E-state index contributed by atoms with van der Waals surface area (Å²) in [5, 5.41) is 6.52. The van der Waals surface area contributed by atoms with Gasteiger partial charge >= 0.3 is 0 Å². The molecule has 0 radical (unpaired) electrons. The average molecular weight is 803 g/mol. The molecule has 9 aromatic carbocycles. The van der Waals surface area contributed by atoms with E-state index in [1.54, 1.807) is 0 Å². The second-order valence-corrected chi connectivity index (χ2v) is 17.1. The normalized spacial score (nSPS) is 13.7. The average Bonchev–Trinajstić information content (AvgIpc) is 3.99. The Labute approximate surface area is 366 Å². The van der Waals surface area contributed by atoms with Crippen LogP contribution in [-0.4, -0.2) is 9.13 Å². The first-order valence-electron chi connectivity index (χ1n) is 22.2. The fourth-order valence-electron chi connectivity index (χ4n) is 11.1. The monoisotopic (exact) mass is 802 g/mol. The zero-order valence-corrected chi connectivity index (χ0v) is 34.7. The topological polar surface area (TPSA) is 9.86 Å². The van der Waals surface area contributed by atoms with Gasteiger partial charge in [0.2, 0.25) is 0 Å². The third-order valence-electron chi connectivity index (χ3n) is 13.9. The summed E-state index contributed by atoms with van der Waals surface area (Å²) >= 11 is 0. The second kappa shape index (κ2) is 14.1. The second-order valence-electron chi connectivity index (χ2n) is 17.1. The third-order valence-corrected chi connectivity index (χ3v) is 13.9. The van der Waals surface area contributed by atoms with Gasteiger partial charge in [-0.3, -0.25) is 0 Å². The van der Waals surface area contributed by atoms with E-state index in [1.165, 1.54) is 110 Å². The van der Waals surface area contributed by atoms with Crippen LogP contribution in [-0.2, 0) is 5.41 Å². The van der Waals surface area contributed by atoms with Gasteiger partial charge in [-0.25, -0.2) is 0 Å². The van der Waals surface area contributed by atoms with Gasteiger partial charge in [0.15, 0.2) is 0 Å². The standard InChI is InChI=1S/C61H42N2/c1-2-14-47(15-3-1)62-59-25-13-8-20-53(59)54-40-44(32-39-60(54)62)43-28-35-46(36-29-43)61(55-21-9-4-16-49(55)50-17-5-10-22-56(50)61)45-33-26-41(27-34-45)42-30-37-48(38-31-42)63-57-23-11-6-18-51(57)52-19-7-12-24-58(52)63/h1-6,8-11,13-40H,7,12H2. The molecule has 2 nitrogen and oxygen atoms in total. The number of para-hydroxylation sites is 3. The smallest absolute Gasteiger partial charge is 0.0713 e. The molecule has 13 rings (SSSR count). The Balaban J connectivity index is 0.906. The van der Waals surface area contributed by atoms with Crippen LogP contribution in [0.2, 0.25) is 0 Å². The quantitative estimate of drug-likeness (QED) is 0.158. The number of nitrogens with zero attached hydrogens (tertiary/aromatic N) is 2. The first-order valence-corrected chi connectivity index (χ1v) is 22.2. The zero-order chi connectivity index (χ0) is 41.5. The molecule has 11 aromatic rings. The van der Waals surface area contributed by atoms with E-state index in [1.807, 2.05) is 0 Å². The van der Waals surface area contributed by atoms with Gasteiger partial charge in [-0.1, -0.05) is 182 Å². The van der Waals surface area contributed by atoms with Crippen molar-refractivity contribution in [2.45, 2.75) is 18.3 Å². The molecule has 0 unspecified atom stereocenters. The maximum absolute atomic E-state index is 2.43. The van der Waals surface area contributed by atoms with Crippen molar-refractivity contribution in [2.75, 3.05) is 0 Å². The highest BCUT2D eigenvalue weighted by molar-refractivity contribution is 6.10. The molecule has 2 heteroatoms. The number of aromatic nitrogens is 2. The Bertz CT molecular complexity index is 3650. The van der Waals surface area contributed by atoms with Crippen molar-refractivity contribution in [3.8, 4) is 44.8 Å². The lowest BCUT2D eigenvalue weighted by Gasteiger charge is -2.34. The van der Waals surface area contributed by atoms with Crippen LogP contribution in [0.1, 0.15) is 35.1 Å². The van der Waals surface area contributed by atoms with Crippen molar-refractivity contribution >= 4 is 44.9 Å².